The highest BCUT2D eigenvalue weighted by atomic mass is 79.9. The number of carbonyl (C=O) groups is 2. The Hall–Kier alpha value is -3.24. The number of alkyl halides is 3. The minimum Gasteiger partial charge on any atom is -0.461 e. The SMILES string of the molecule is [2H]C([2H])([2H])O[C@@H]1C[C@H](c2ccc(Br)cc2)[C@@H](C(=O)OCc2ccccc2)[C@H](C(=O)Nc2ccc(C(F)(F)F)cc2F)C1. The topological polar surface area (TPSA) is 64.6 Å². The number of anilines is 1. The molecule has 1 aliphatic carbocycles. The number of ether oxygens (including phenoxy) is 2. The van der Waals surface area contributed by atoms with Gasteiger partial charge in [0.25, 0.3) is 0 Å². The number of amides is 1. The lowest BCUT2D eigenvalue weighted by molar-refractivity contribution is -0.158. The highest BCUT2D eigenvalue weighted by molar-refractivity contribution is 9.10. The zero-order valence-electron chi connectivity index (χ0n) is 23.4. The largest absolute Gasteiger partial charge is 0.461 e. The summed E-state index contributed by atoms with van der Waals surface area (Å²) in [5.41, 5.74) is -0.460. The average molecular weight is 611 g/mol. The maximum absolute atomic E-state index is 14.6. The molecule has 0 saturated heterocycles. The Morgan fingerprint density at radius 2 is 1.77 bits per heavy atom. The minimum absolute atomic E-state index is 0.0591. The first kappa shape index (κ1) is 24.8. The lowest BCUT2D eigenvalue weighted by Crippen LogP contribution is -2.45. The fraction of sp³-hybridized carbons (Fsp3) is 0.310. The zero-order chi connectivity index (χ0) is 30.7. The molecule has 0 spiro atoms. The summed E-state index contributed by atoms with van der Waals surface area (Å²) in [4.78, 5) is 27.3. The summed E-state index contributed by atoms with van der Waals surface area (Å²) in [7, 11) is -2.81. The van der Waals surface area contributed by atoms with Crippen molar-refractivity contribution >= 4 is 33.5 Å². The van der Waals surface area contributed by atoms with Gasteiger partial charge in [0.05, 0.1) is 33.3 Å². The van der Waals surface area contributed by atoms with Gasteiger partial charge in [0, 0.05) is 17.4 Å². The molecule has 4 rings (SSSR count). The van der Waals surface area contributed by atoms with Crippen molar-refractivity contribution in [2.75, 3.05) is 12.4 Å². The second-order valence-electron chi connectivity index (χ2n) is 9.28. The van der Waals surface area contributed by atoms with Gasteiger partial charge in [-0.3, -0.25) is 9.59 Å². The van der Waals surface area contributed by atoms with Crippen LogP contribution in [-0.2, 0) is 31.8 Å². The molecule has 0 radical (unpaired) electrons. The molecule has 1 saturated carbocycles. The fourth-order valence-electron chi connectivity index (χ4n) is 4.83. The first-order valence-corrected chi connectivity index (χ1v) is 12.8. The second-order valence-corrected chi connectivity index (χ2v) is 10.2. The maximum Gasteiger partial charge on any atom is 0.416 e. The first-order valence-electron chi connectivity index (χ1n) is 13.5. The van der Waals surface area contributed by atoms with Crippen LogP contribution in [0, 0.1) is 17.7 Å². The van der Waals surface area contributed by atoms with Crippen molar-refractivity contribution in [1.82, 2.24) is 0 Å². The van der Waals surface area contributed by atoms with Crippen molar-refractivity contribution < 1.29 is 40.7 Å². The summed E-state index contributed by atoms with van der Waals surface area (Å²) >= 11 is 3.35. The number of esters is 1. The van der Waals surface area contributed by atoms with E-state index < -0.39 is 66.0 Å². The summed E-state index contributed by atoms with van der Waals surface area (Å²) in [5.74, 6) is -6.12. The number of hydrogen-bond acceptors (Lipinski definition) is 4. The van der Waals surface area contributed by atoms with Crippen molar-refractivity contribution in [3.63, 3.8) is 0 Å². The molecule has 0 aliphatic heterocycles. The van der Waals surface area contributed by atoms with Crippen molar-refractivity contribution in [3.8, 4) is 0 Å². The molecular weight excluding hydrogens is 582 g/mol. The van der Waals surface area contributed by atoms with Crippen LogP contribution in [-0.4, -0.2) is 25.0 Å². The van der Waals surface area contributed by atoms with Crippen LogP contribution >= 0.6 is 15.9 Å². The van der Waals surface area contributed by atoms with Crippen molar-refractivity contribution in [1.29, 1.82) is 0 Å². The Kier molecular flexibility index (Phi) is 7.81. The van der Waals surface area contributed by atoms with Gasteiger partial charge in [-0.1, -0.05) is 58.4 Å². The first-order chi connectivity index (χ1) is 19.7. The number of rotatable bonds is 7. The van der Waals surface area contributed by atoms with Gasteiger partial charge in [-0.25, -0.2) is 4.39 Å². The molecule has 10 heteroatoms. The van der Waals surface area contributed by atoms with Crippen molar-refractivity contribution in [3.05, 3.63) is 99.8 Å². The van der Waals surface area contributed by atoms with Crippen LogP contribution in [0.15, 0.2) is 77.3 Å². The highest BCUT2D eigenvalue weighted by Crippen LogP contribution is 2.44. The van der Waals surface area contributed by atoms with E-state index in [1.54, 1.807) is 54.6 Å². The summed E-state index contributed by atoms with van der Waals surface area (Å²) in [6, 6.07) is 17.4. The van der Waals surface area contributed by atoms with E-state index in [0.29, 0.717) is 17.2 Å². The van der Waals surface area contributed by atoms with E-state index in [2.05, 4.69) is 21.2 Å². The average Bonchev–Trinajstić information content (AvgIpc) is 2.92. The molecule has 1 fully saturated rings. The standard InChI is InChI=1S/C29H26BrF4NO4/c1-38-21-14-22(18-7-10-20(30)11-8-18)26(28(37)39-16-17-5-3-2-4-6-17)23(15-21)27(36)35-25-12-9-19(13-24(25)31)29(32,33)34/h2-13,21-23,26H,14-16H2,1H3,(H,35,36)/t21-,22-,23-,26-/m1/s1/i1D3. The molecule has 3 aromatic carbocycles. The second kappa shape index (κ2) is 12.3. The monoisotopic (exact) mass is 610 g/mol. The van der Waals surface area contributed by atoms with Crippen LogP contribution < -0.4 is 5.32 Å². The van der Waals surface area contributed by atoms with E-state index in [9.17, 15) is 27.2 Å². The molecule has 5 nitrogen and oxygen atoms in total. The molecule has 39 heavy (non-hydrogen) atoms. The summed E-state index contributed by atoms with van der Waals surface area (Å²) in [5, 5.41) is 2.29. The third kappa shape index (κ3) is 7.05. The predicted octanol–water partition coefficient (Wildman–Crippen LogP) is 7.11. The number of methoxy groups -OCH3 is 1. The summed E-state index contributed by atoms with van der Waals surface area (Å²) in [6.07, 6.45) is -5.97. The number of hydrogen-bond donors (Lipinski definition) is 1. The molecule has 3 aromatic rings. The van der Waals surface area contributed by atoms with Crippen LogP contribution in [0.2, 0.25) is 0 Å². The van der Waals surface area contributed by atoms with E-state index in [4.69, 9.17) is 13.6 Å². The summed E-state index contributed by atoms with van der Waals surface area (Å²) < 4.78 is 88.1. The third-order valence-electron chi connectivity index (χ3n) is 6.75. The van der Waals surface area contributed by atoms with E-state index in [1.807, 2.05) is 0 Å². The molecule has 1 N–H and O–H groups in total. The Labute approximate surface area is 235 Å². The molecule has 1 aliphatic rings. The molecule has 1 amide bonds. The smallest absolute Gasteiger partial charge is 0.416 e. The number of carbonyl (C=O) groups excluding carboxylic acids is 2. The van der Waals surface area contributed by atoms with E-state index in [-0.39, 0.29) is 25.5 Å². The van der Waals surface area contributed by atoms with Crippen molar-refractivity contribution in [2.24, 2.45) is 11.8 Å². The van der Waals surface area contributed by atoms with Gasteiger partial charge >= 0.3 is 12.1 Å². The Morgan fingerprint density at radius 1 is 1.05 bits per heavy atom. The van der Waals surface area contributed by atoms with E-state index >= 15 is 0 Å². The normalized spacial score (nSPS) is 22.7. The minimum atomic E-state index is -4.79. The van der Waals surface area contributed by atoms with E-state index in [0.717, 1.165) is 10.5 Å². The van der Waals surface area contributed by atoms with Crippen LogP contribution in [0.3, 0.4) is 0 Å². The van der Waals surface area contributed by atoms with E-state index in [1.165, 1.54) is 0 Å². The number of benzene rings is 3. The molecule has 4 atom stereocenters. The van der Waals surface area contributed by atoms with Crippen molar-refractivity contribution in [2.45, 2.75) is 37.6 Å². The molecular formula is C29H26BrF4NO4. The molecule has 0 aromatic heterocycles. The fourth-order valence-corrected chi connectivity index (χ4v) is 5.09. The molecule has 0 heterocycles. The van der Waals surface area contributed by atoms with Crippen LogP contribution in [0.1, 0.15) is 39.6 Å². The summed E-state index contributed by atoms with van der Waals surface area (Å²) in [6.45, 7) is -0.0969. The van der Waals surface area contributed by atoms with Gasteiger partial charge in [0.2, 0.25) is 5.91 Å². The molecule has 206 valence electrons. The third-order valence-corrected chi connectivity index (χ3v) is 7.28. The molecule has 0 unspecified atom stereocenters. The van der Waals surface area contributed by atoms with Gasteiger partial charge in [-0.05, 0) is 54.3 Å². The predicted molar refractivity (Wildman–Crippen MR) is 140 cm³/mol. The van der Waals surface area contributed by atoms with Gasteiger partial charge < -0.3 is 14.8 Å². The molecule has 0 bridgehead atoms. The lowest BCUT2D eigenvalue weighted by atomic mass is 9.67. The zero-order valence-corrected chi connectivity index (χ0v) is 22.0. The Bertz CT molecular complexity index is 1400. The number of nitrogens with one attached hydrogen (secondary N) is 1. The Morgan fingerprint density at radius 3 is 2.41 bits per heavy atom. The Balaban J connectivity index is 1.69. The maximum atomic E-state index is 14.6. The quantitative estimate of drug-likeness (QED) is 0.229. The van der Waals surface area contributed by atoms with Crippen LogP contribution in [0.25, 0.3) is 0 Å². The van der Waals surface area contributed by atoms with Gasteiger partial charge in [-0.15, -0.1) is 0 Å². The van der Waals surface area contributed by atoms with Gasteiger partial charge in [0.15, 0.2) is 0 Å². The van der Waals surface area contributed by atoms with Crippen LogP contribution in [0.4, 0.5) is 23.2 Å². The highest BCUT2D eigenvalue weighted by Gasteiger charge is 2.47. The van der Waals surface area contributed by atoms with Crippen LogP contribution in [0.5, 0.6) is 0 Å². The van der Waals surface area contributed by atoms with Gasteiger partial charge in [0.1, 0.15) is 12.4 Å². The number of halogens is 5. The van der Waals surface area contributed by atoms with Gasteiger partial charge in [-0.2, -0.15) is 13.2 Å². The lowest BCUT2D eigenvalue weighted by Gasteiger charge is -2.39.